The highest BCUT2D eigenvalue weighted by molar-refractivity contribution is 5.21. The van der Waals surface area contributed by atoms with Gasteiger partial charge in [-0.25, -0.2) is 0 Å². The summed E-state index contributed by atoms with van der Waals surface area (Å²) in [7, 11) is 2.01. The third-order valence-electron chi connectivity index (χ3n) is 3.07. The standard InChI is InChI=1S/C12H19N3/c1-13-12(11-8-9-14-15-11)10-6-4-2-3-5-7-10/h6,8-9,12-13H,2-5,7H2,1H3,(H,14,15). The Morgan fingerprint density at radius 1 is 1.40 bits per heavy atom. The molecule has 1 unspecified atom stereocenters. The maximum atomic E-state index is 4.02. The Morgan fingerprint density at radius 2 is 2.33 bits per heavy atom. The van der Waals surface area contributed by atoms with E-state index in [0.717, 1.165) is 0 Å². The highest BCUT2D eigenvalue weighted by Gasteiger charge is 2.16. The van der Waals surface area contributed by atoms with E-state index in [-0.39, 0.29) is 0 Å². The van der Waals surface area contributed by atoms with E-state index in [2.05, 4.69) is 21.6 Å². The van der Waals surface area contributed by atoms with Crippen molar-refractivity contribution in [3.05, 3.63) is 29.6 Å². The lowest BCUT2D eigenvalue weighted by Gasteiger charge is -2.17. The summed E-state index contributed by atoms with van der Waals surface area (Å²) in [6.07, 6.45) is 10.7. The highest BCUT2D eigenvalue weighted by atomic mass is 15.1. The second-order valence-electron chi connectivity index (χ2n) is 4.11. The smallest absolute Gasteiger partial charge is 0.0702 e. The van der Waals surface area contributed by atoms with Crippen molar-refractivity contribution in [2.45, 2.75) is 38.1 Å². The molecule has 1 atom stereocenters. The third-order valence-corrected chi connectivity index (χ3v) is 3.07. The molecule has 0 saturated heterocycles. The molecule has 0 radical (unpaired) electrons. The molecule has 0 aliphatic heterocycles. The molecular formula is C12H19N3. The van der Waals surface area contributed by atoms with Crippen molar-refractivity contribution in [3.8, 4) is 0 Å². The van der Waals surface area contributed by atoms with E-state index >= 15 is 0 Å². The van der Waals surface area contributed by atoms with Crippen LogP contribution in [-0.2, 0) is 0 Å². The van der Waals surface area contributed by atoms with Crippen LogP contribution in [0.25, 0.3) is 0 Å². The number of likely N-dealkylation sites (N-methyl/N-ethyl adjacent to an activating group) is 1. The van der Waals surface area contributed by atoms with Gasteiger partial charge in [0.1, 0.15) is 0 Å². The Hall–Kier alpha value is -1.09. The molecule has 2 rings (SSSR count). The molecule has 1 aromatic rings. The molecule has 0 bridgehead atoms. The van der Waals surface area contributed by atoms with Crippen LogP contribution in [-0.4, -0.2) is 17.2 Å². The van der Waals surface area contributed by atoms with E-state index in [9.17, 15) is 0 Å². The summed E-state index contributed by atoms with van der Waals surface area (Å²) in [5, 5.41) is 10.4. The number of rotatable bonds is 3. The third kappa shape index (κ3) is 2.48. The van der Waals surface area contributed by atoms with Crippen LogP contribution in [0.15, 0.2) is 23.9 Å². The zero-order chi connectivity index (χ0) is 10.5. The van der Waals surface area contributed by atoms with Crippen LogP contribution >= 0.6 is 0 Å². The van der Waals surface area contributed by atoms with E-state index in [0.29, 0.717) is 6.04 Å². The fourth-order valence-electron chi connectivity index (χ4n) is 2.27. The van der Waals surface area contributed by atoms with Crippen molar-refractivity contribution >= 4 is 0 Å². The average Bonchev–Trinajstić information content (AvgIpc) is 2.63. The van der Waals surface area contributed by atoms with Crippen LogP contribution < -0.4 is 5.32 Å². The number of hydrogen-bond donors (Lipinski definition) is 2. The first-order valence-corrected chi connectivity index (χ1v) is 5.77. The zero-order valence-corrected chi connectivity index (χ0v) is 9.29. The molecule has 1 heterocycles. The minimum atomic E-state index is 0.325. The van der Waals surface area contributed by atoms with Crippen LogP contribution in [0.2, 0.25) is 0 Å². The Kier molecular flexibility index (Phi) is 3.56. The predicted octanol–water partition coefficient (Wildman–Crippen LogP) is 2.56. The SMILES string of the molecule is CNC(C1=CCCCCC1)c1ccn[nH]1. The lowest BCUT2D eigenvalue weighted by molar-refractivity contribution is 0.614. The first-order chi connectivity index (χ1) is 7.42. The van der Waals surface area contributed by atoms with Crippen LogP contribution in [0.5, 0.6) is 0 Å². The van der Waals surface area contributed by atoms with Crippen molar-refractivity contribution in [1.29, 1.82) is 0 Å². The number of aromatic amines is 1. The number of aromatic nitrogens is 2. The molecule has 0 saturated carbocycles. The second-order valence-corrected chi connectivity index (χ2v) is 4.11. The summed E-state index contributed by atoms with van der Waals surface area (Å²) >= 11 is 0. The molecule has 15 heavy (non-hydrogen) atoms. The Balaban J connectivity index is 2.15. The van der Waals surface area contributed by atoms with E-state index in [1.165, 1.54) is 43.4 Å². The van der Waals surface area contributed by atoms with Gasteiger partial charge in [-0.15, -0.1) is 0 Å². The molecule has 3 heteroatoms. The minimum absolute atomic E-state index is 0.325. The van der Waals surface area contributed by atoms with Gasteiger partial charge in [0, 0.05) is 6.20 Å². The van der Waals surface area contributed by atoms with Crippen molar-refractivity contribution in [1.82, 2.24) is 15.5 Å². The summed E-state index contributed by atoms with van der Waals surface area (Å²) in [6, 6.07) is 2.37. The predicted molar refractivity (Wildman–Crippen MR) is 61.6 cm³/mol. The Labute approximate surface area is 91.0 Å². The quantitative estimate of drug-likeness (QED) is 0.744. The van der Waals surface area contributed by atoms with Crippen molar-refractivity contribution < 1.29 is 0 Å². The van der Waals surface area contributed by atoms with Gasteiger partial charge < -0.3 is 5.32 Å². The van der Waals surface area contributed by atoms with Crippen LogP contribution in [0.3, 0.4) is 0 Å². The topological polar surface area (TPSA) is 40.7 Å². The molecule has 1 aliphatic rings. The van der Waals surface area contributed by atoms with Gasteiger partial charge in [-0.1, -0.05) is 18.1 Å². The Morgan fingerprint density at radius 3 is 3.07 bits per heavy atom. The molecule has 2 N–H and O–H groups in total. The van der Waals surface area contributed by atoms with Crippen LogP contribution in [0.1, 0.15) is 43.8 Å². The summed E-state index contributed by atoms with van der Waals surface area (Å²) in [6.45, 7) is 0. The minimum Gasteiger partial charge on any atom is -0.308 e. The zero-order valence-electron chi connectivity index (χ0n) is 9.29. The van der Waals surface area contributed by atoms with E-state index in [1.807, 2.05) is 19.3 Å². The van der Waals surface area contributed by atoms with Gasteiger partial charge in [0.15, 0.2) is 0 Å². The van der Waals surface area contributed by atoms with Crippen molar-refractivity contribution in [2.24, 2.45) is 0 Å². The molecule has 82 valence electrons. The van der Waals surface area contributed by atoms with E-state index < -0.39 is 0 Å². The van der Waals surface area contributed by atoms with Gasteiger partial charge in [0.05, 0.1) is 11.7 Å². The molecule has 0 amide bonds. The van der Waals surface area contributed by atoms with Gasteiger partial charge >= 0.3 is 0 Å². The second kappa shape index (κ2) is 5.12. The molecule has 0 spiro atoms. The number of nitrogens with zero attached hydrogens (tertiary/aromatic N) is 1. The molecule has 0 aromatic carbocycles. The van der Waals surface area contributed by atoms with Gasteiger partial charge in [-0.2, -0.15) is 5.10 Å². The largest absolute Gasteiger partial charge is 0.308 e. The van der Waals surface area contributed by atoms with Crippen molar-refractivity contribution in [3.63, 3.8) is 0 Å². The van der Waals surface area contributed by atoms with Gasteiger partial charge in [0.25, 0.3) is 0 Å². The summed E-state index contributed by atoms with van der Waals surface area (Å²) in [5.74, 6) is 0. The van der Waals surface area contributed by atoms with Gasteiger partial charge in [0.2, 0.25) is 0 Å². The summed E-state index contributed by atoms with van der Waals surface area (Å²) in [4.78, 5) is 0. The lowest BCUT2D eigenvalue weighted by atomic mass is 9.99. The summed E-state index contributed by atoms with van der Waals surface area (Å²) < 4.78 is 0. The lowest BCUT2D eigenvalue weighted by Crippen LogP contribution is -2.19. The fourth-order valence-corrected chi connectivity index (χ4v) is 2.27. The normalized spacial score (nSPS) is 19.4. The molecule has 0 fully saturated rings. The van der Waals surface area contributed by atoms with Gasteiger partial charge in [-0.3, -0.25) is 5.10 Å². The molecule has 1 aromatic heterocycles. The average molecular weight is 205 g/mol. The first kappa shape index (κ1) is 10.4. The van der Waals surface area contributed by atoms with Gasteiger partial charge in [-0.05, 0) is 38.8 Å². The first-order valence-electron chi connectivity index (χ1n) is 5.77. The monoisotopic (exact) mass is 205 g/mol. The number of H-pyrrole nitrogens is 1. The molecular weight excluding hydrogens is 186 g/mol. The number of nitrogens with one attached hydrogen (secondary N) is 2. The van der Waals surface area contributed by atoms with E-state index in [1.54, 1.807) is 0 Å². The maximum Gasteiger partial charge on any atom is 0.0702 e. The Bertz CT molecular complexity index is 314. The molecule has 1 aliphatic carbocycles. The molecule has 3 nitrogen and oxygen atoms in total. The number of allylic oxidation sites excluding steroid dienone is 1. The summed E-state index contributed by atoms with van der Waals surface area (Å²) in [5.41, 5.74) is 2.69. The highest BCUT2D eigenvalue weighted by Crippen LogP contribution is 2.27. The van der Waals surface area contributed by atoms with Crippen LogP contribution in [0.4, 0.5) is 0 Å². The fraction of sp³-hybridized carbons (Fsp3) is 0.583. The number of hydrogen-bond acceptors (Lipinski definition) is 2. The maximum absolute atomic E-state index is 4.02. The van der Waals surface area contributed by atoms with Crippen LogP contribution in [0, 0.1) is 0 Å². The van der Waals surface area contributed by atoms with Crippen molar-refractivity contribution in [2.75, 3.05) is 7.05 Å². The van der Waals surface area contributed by atoms with E-state index in [4.69, 9.17) is 0 Å².